The molecule has 0 saturated heterocycles. The number of hydrazone groups is 1. The first-order valence-electron chi connectivity index (χ1n) is 6.56. The average Bonchev–Trinajstić information content (AvgIpc) is 3.02. The number of pyridine rings is 1. The van der Waals surface area contributed by atoms with Gasteiger partial charge in [0.05, 0.1) is 0 Å². The van der Waals surface area contributed by atoms with Gasteiger partial charge in [-0.3, -0.25) is 9.78 Å². The number of carbonyl (C=O) groups excluding carboxylic acids is 1. The van der Waals surface area contributed by atoms with Gasteiger partial charge in [0.15, 0.2) is 0 Å². The summed E-state index contributed by atoms with van der Waals surface area (Å²) in [5, 5.41) is 4.10. The van der Waals surface area contributed by atoms with Crippen molar-refractivity contribution in [2.75, 3.05) is 0 Å². The summed E-state index contributed by atoms with van der Waals surface area (Å²) in [6.45, 7) is 0. The van der Waals surface area contributed by atoms with Gasteiger partial charge in [-0.15, -0.1) is 0 Å². The Morgan fingerprint density at radius 2 is 2.17 bits per heavy atom. The Balaban J connectivity index is 1.54. The Morgan fingerprint density at radius 1 is 1.33 bits per heavy atom. The molecule has 4 heteroatoms. The molecule has 1 heterocycles. The third-order valence-corrected chi connectivity index (χ3v) is 4.17. The predicted molar refractivity (Wildman–Crippen MR) is 69.1 cm³/mol. The van der Waals surface area contributed by atoms with Crippen LogP contribution in [-0.2, 0) is 0 Å². The van der Waals surface area contributed by atoms with Gasteiger partial charge in [-0.05, 0) is 49.1 Å². The van der Waals surface area contributed by atoms with E-state index in [0.717, 1.165) is 11.8 Å². The molecule has 2 aliphatic carbocycles. The lowest BCUT2D eigenvalue weighted by molar-refractivity contribution is 0.0954. The standard InChI is InChI=1S/C14H17N3O/c18-14(11-3-5-15-6-4-11)17-16-9-13-8-10-1-2-12(13)7-10/h3-6,9-10,12-13H,1-2,7-8H2,(H,17,18). The summed E-state index contributed by atoms with van der Waals surface area (Å²) in [7, 11) is 0. The summed E-state index contributed by atoms with van der Waals surface area (Å²) < 4.78 is 0. The van der Waals surface area contributed by atoms with Crippen LogP contribution >= 0.6 is 0 Å². The van der Waals surface area contributed by atoms with E-state index in [9.17, 15) is 4.79 Å². The number of rotatable bonds is 3. The lowest BCUT2D eigenvalue weighted by Crippen LogP contribution is -2.20. The minimum atomic E-state index is -0.170. The Labute approximate surface area is 107 Å². The summed E-state index contributed by atoms with van der Waals surface area (Å²) in [5.41, 5.74) is 3.18. The van der Waals surface area contributed by atoms with E-state index in [1.807, 2.05) is 6.21 Å². The normalized spacial score (nSPS) is 29.9. The Kier molecular flexibility index (Phi) is 3.09. The largest absolute Gasteiger partial charge is 0.271 e. The van der Waals surface area contributed by atoms with Crippen LogP contribution in [-0.4, -0.2) is 17.1 Å². The Hall–Kier alpha value is -1.71. The fraction of sp³-hybridized carbons (Fsp3) is 0.500. The van der Waals surface area contributed by atoms with Crippen LogP contribution in [0.4, 0.5) is 0 Å². The molecule has 1 amide bonds. The number of aromatic nitrogens is 1. The molecule has 0 aromatic carbocycles. The molecule has 0 aliphatic heterocycles. The molecule has 3 rings (SSSR count). The zero-order chi connectivity index (χ0) is 12.4. The van der Waals surface area contributed by atoms with Gasteiger partial charge in [-0.2, -0.15) is 5.10 Å². The summed E-state index contributed by atoms with van der Waals surface area (Å²) in [4.78, 5) is 15.6. The van der Waals surface area contributed by atoms with Crippen LogP contribution in [0.15, 0.2) is 29.6 Å². The van der Waals surface area contributed by atoms with Crippen molar-refractivity contribution in [2.45, 2.75) is 25.7 Å². The summed E-state index contributed by atoms with van der Waals surface area (Å²) >= 11 is 0. The van der Waals surface area contributed by atoms with Crippen molar-refractivity contribution in [3.8, 4) is 0 Å². The Morgan fingerprint density at radius 3 is 2.83 bits per heavy atom. The molecule has 1 N–H and O–H groups in total. The van der Waals surface area contributed by atoms with E-state index in [2.05, 4.69) is 15.5 Å². The van der Waals surface area contributed by atoms with Gasteiger partial charge in [0.1, 0.15) is 0 Å². The fourth-order valence-corrected chi connectivity index (χ4v) is 3.24. The average molecular weight is 243 g/mol. The summed E-state index contributed by atoms with van der Waals surface area (Å²) in [6.07, 6.45) is 10.5. The van der Waals surface area contributed by atoms with Crippen LogP contribution in [0.25, 0.3) is 0 Å². The molecule has 0 radical (unpaired) electrons. The second-order valence-corrected chi connectivity index (χ2v) is 5.29. The van der Waals surface area contributed by atoms with Crippen molar-refractivity contribution < 1.29 is 4.79 Å². The van der Waals surface area contributed by atoms with Crippen LogP contribution in [0, 0.1) is 17.8 Å². The van der Waals surface area contributed by atoms with E-state index >= 15 is 0 Å². The highest BCUT2D eigenvalue weighted by Crippen LogP contribution is 2.47. The van der Waals surface area contributed by atoms with Crippen LogP contribution < -0.4 is 5.43 Å². The van der Waals surface area contributed by atoms with Gasteiger partial charge in [0.25, 0.3) is 5.91 Å². The highest BCUT2D eigenvalue weighted by atomic mass is 16.2. The molecule has 94 valence electrons. The van der Waals surface area contributed by atoms with E-state index in [0.29, 0.717) is 11.5 Å². The van der Waals surface area contributed by atoms with E-state index in [-0.39, 0.29) is 5.91 Å². The lowest BCUT2D eigenvalue weighted by atomic mass is 9.90. The second-order valence-electron chi connectivity index (χ2n) is 5.29. The van der Waals surface area contributed by atoms with Crippen molar-refractivity contribution >= 4 is 12.1 Å². The molecule has 2 fully saturated rings. The fourth-order valence-electron chi connectivity index (χ4n) is 3.24. The van der Waals surface area contributed by atoms with Gasteiger partial charge < -0.3 is 0 Å². The maximum atomic E-state index is 11.7. The van der Waals surface area contributed by atoms with Crippen molar-refractivity contribution in [3.63, 3.8) is 0 Å². The number of fused-ring (bicyclic) bond motifs is 2. The molecule has 1 aromatic heterocycles. The van der Waals surface area contributed by atoms with Crippen LogP contribution in [0.3, 0.4) is 0 Å². The van der Waals surface area contributed by atoms with Gasteiger partial charge in [-0.25, -0.2) is 5.43 Å². The van der Waals surface area contributed by atoms with Gasteiger partial charge in [-0.1, -0.05) is 6.42 Å². The molecular weight excluding hydrogens is 226 g/mol. The van der Waals surface area contributed by atoms with Gasteiger partial charge in [0, 0.05) is 24.2 Å². The number of carbonyl (C=O) groups is 1. The first kappa shape index (κ1) is 11.4. The number of nitrogens with zero attached hydrogens (tertiary/aromatic N) is 2. The SMILES string of the molecule is O=C(NN=CC1CC2CCC1C2)c1ccncc1. The van der Waals surface area contributed by atoms with Gasteiger partial charge in [0.2, 0.25) is 0 Å². The highest BCUT2D eigenvalue weighted by molar-refractivity contribution is 5.94. The lowest BCUT2D eigenvalue weighted by Gasteiger charge is -2.16. The maximum absolute atomic E-state index is 11.7. The quantitative estimate of drug-likeness (QED) is 0.653. The van der Waals surface area contributed by atoms with Crippen molar-refractivity contribution in [1.82, 2.24) is 10.4 Å². The van der Waals surface area contributed by atoms with Gasteiger partial charge >= 0.3 is 0 Å². The summed E-state index contributed by atoms with van der Waals surface area (Å²) in [6, 6.07) is 3.37. The highest BCUT2D eigenvalue weighted by Gasteiger charge is 2.38. The predicted octanol–water partition coefficient (Wildman–Crippen LogP) is 2.23. The molecule has 3 atom stereocenters. The van der Waals surface area contributed by atoms with Crippen molar-refractivity contribution in [1.29, 1.82) is 0 Å². The molecule has 2 aliphatic rings. The minimum Gasteiger partial charge on any atom is -0.267 e. The number of nitrogens with one attached hydrogen (secondary N) is 1. The molecule has 2 bridgehead atoms. The molecule has 18 heavy (non-hydrogen) atoms. The summed E-state index contributed by atoms with van der Waals surface area (Å²) in [5.74, 6) is 2.11. The van der Waals surface area contributed by atoms with Crippen LogP contribution in [0.2, 0.25) is 0 Å². The number of hydrogen-bond acceptors (Lipinski definition) is 3. The monoisotopic (exact) mass is 243 g/mol. The molecule has 2 saturated carbocycles. The maximum Gasteiger partial charge on any atom is 0.271 e. The zero-order valence-corrected chi connectivity index (χ0v) is 10.2. The minimum absolute atomic E-state index is 0.170. The van der Waals surface area contributed by atoms with Crippen molar-refractivity contribution in [3.05, 3.63) is 30.1 Å². The molecule has 0 spiro atoms. The second kappa shape index (κ2) is 4.88. The van der Waals surface area contributed by atoms with Crippen LogP contribution in [0.5, 0.6) is 0 Å². The zero-order valence-electron chi connectivity index (χ0n) is 10.2. The number of amides is 1. The molecular formula is C14H17N3O. The van der Waals surface area contributed by atoms with Crippen molar-refractivity contribution in [2.24, 2.45) is 22.9 Å². The third-order valence-electron chi connectivity index (χ3n) is 4.17. The first-order valence-corrected chi connectivity index (χ1v) is 6.56. The third kappa shape index (κ3) is 2.28. The van der Waals surface area contributed by atoms with Crippen LogP contribution in [0.1, 0.15) is 36.0 Å². The molecule has 3 unspecified atom stereocenters. The first-order chi connectivity index (χ1) is 8.83. The number of hydrogen-bond donors (Lipinski definition) is 1. The smallest absolute Gasteiger partial charge is 0.267 e. The van der Waals surface area contributed by atoms with E-state index < -0.39 is 0 Å². The van der Waals surface area contributed by atoms with E-state index in [4.69, 9.17) is 0 Å². The molecule has 4 nitrogen and oxygen atoms in total. The Bertz CT molecular complexity index is 457. The topological polar surface area (TPSA) is 54.4 Å². The van der Waals surface area contributed by atoms with E-state index in [1.165, 1.54) is 25.7 Å². The van der Waals surface area contributed by atoms with E-state index in [1.54, 1.807) is 24.5 Å². The molecule has 1 aromatic rings.